The van der Waals surface area contributed by atoms with Gasteiger partial charge in [0.25, 0.3) is 0 Å². The number of carbonyl (C=O) groups is 2. The summed E-state index contributed by atoms with van der Waals surface area (Å²) in [5, 5.41) is 8.86. The minimum absolute atomic E-state index is 0.0135. The Labute approximate surface area is 194 Å². The summed E-state index contributed by atoms with van der Waals surface area (Å²) in [6, 6.07) is 10.1. The molecule has 0 spiro atoms. The van der Waals surface area contributed by atoms with Gasteiger partial charge in [-0.25, -0.2) is 0 Å². The lowest BCUT2D eigenvalue weighted by molar-refractivity contribution is -0.147. The zero-order chi connectivity index (χ0) is 23.4. The molecule has 0 aliphatic heterocycles. The van der Waals surface area contributed by atoms with Crippen LogP contribution in [0.1, 0.15) is 109 Å². The molecule has 32 heavy (non-hydrogen) atoms. The molecule has 1 rings (SSSR count). The van der Waals surface area contributed by atoms with E-state index in [1.165, 1.54) is 39.0 Å². The Morgan fingerprint density at radius 3 is 2.09 bits per heavy atom. The molecule has 0 aliphatic rings. The molecule has 0 fully saturated rings. The van der Waals surface area contributed by atoms with Crippen molar-refractivity contribution in [1.29, 1.82) is 0 Å². The summed E-state index contributed by atoms with van der Waals surface area (Å²) in [5.41, 5.74) is 1.14. The maximum absolute atomic E-state index is 11.5. The minimum Gasteiger partial charge on any atom is -0.481 e. The fraction of sp³-hybridized carbons (Fsp3) is 0.704. The van der Waals surface area contributed by atoms with E-state index in [2.05, 4.69) is 19.1 Å². The van der Waals surface area contributed by atoms with E-state index in [-0.39, 0.29) is 24.6 Å². The van der Waals surface area contributed by atoms with E-state index in [9.17, 15) is 9.59 Å². The number of unbranched alkanes of at least 4 members (excludes halogenated alkanes) is 6. The largest absolute Gasteiger partial charge is 0.481 e. The van der Waals surface area contributed by atoms with Crippen molar-refractivity contribution in [1.82, 2.24) is 0 Å². The molecule has 0 saturated carbocycles. The number of hydrogen-bond donors (Lipinski definition) is 1. The molecule has 1 aromatic carbocycles. The Balaban J connectivity index is 2.43. The Hall–Kier alpha value is -1.88. The van der Waals surface area contributed by atoms with Crippen LogP contribution >= 0.6 is 0 Å². The molecule has 5 heteroatoms. The molecule has 0 amide bonds. The van der Waals surface area contributed by atoms with Gasteiger partial charge in [-0.1, -0.05) is 75.8 Å². The van der Waals surface area contributed by atoms with E-state index in [0.717, 1.165) is 50.5 Å². The second-order valence-corrected chi connectivity index (χ2v) is 8.78. The van der Waals surface area contributed by atoms with Crippen LogP contribution in [0.3, 0.4) is 0 Å². The topological polar surface area (TPSA) is 72.8 Å². The average Bonchev–Trinajstić information content (AvgIpc) is 2.76. The average molecular weight is 449 g/mol. The van der Waals surface area contributed by atoms with Crippen LogP contribution in [0, 0.1) is 0 Å². The van der Waals surface area contributed by atoms with Gasteiger partial charge in [-0.15, -0.1) is 0 Å². The Morgan fingerprint density at radius 1 is 0.812 bits per heavy atom. The Bertz CT molecular complexity index is 601. The first-order valence-electron chi connectivity index (χ1n) is 12.6. The predicted molar refractivity (Wildman–Crippen MR) is 129 cm³/mol. The highest BCUT2D eigenvalue weighted by atomic mass is 16.5. The van der Waals surface area contributed by atoms with Crippen molar-refractivity contribution in [2.24, 2.45) is 0 Å². The summed E-state index contributed by atoms with van der Waals surface area (Å²) in [6.45, 7) is 4.28. The number of carboxylic acid groups (broad SMARTS) is 1. The number of benzene rings is 1. The molecule has 5 nitrogen and oxygen atoms in total. The van der Waals surface area contributed by atoms with Gasteiger partial charge in [-0.2, -0.15) is 0 Å². The maximum atomic E-state index is 11.5. The van der Waals surface area contributed by atoms with Crippen molar-refractivity contribution in [3.63, 3.8) is 0 Å². The number of rotatable bonds is 20. The van der Waals surface area contributed by atoms with Gasteiger partial charge in [0, 0.05) is 13.3 Å². The van der Waals surface area contributed by atoms with E-state index < -0.39 is 5.97 Å². The molecule has 1 N–H and O–H groups in total. The maximum Gasteiger partial charge on any atom is 0.303 e. The van der Waals surface area contributed by atoms with Crippen LogP contribution in [-0.2, 0) is 25.7 Å². The van der Waals surface area contributed by atoms with E-state index in [1.54, 1.807) is 0 Å². The first-order valence-corrected chi connectivity index (χ1v) is 12.6. The second kappa shape index (κ2) is 18.7. The second-order valence-electron chi connectivity index (χ2n) is 8.78. The SMILES string of the molecule is CCCCCCCCC(CCCC(CCCCC(=O)O)OCc1ccccc1)OC(C)=O. The summed E-state index contributed by atoms with van der Waals surface area (Å²) < 4.78 is 11.7. The lowest BCUT2D eigenvalue weighted by Crippen LogP contribution is -2.18. The molecule has 1 aromatic rings. The van der Waals surface area contributed by atoms with Crippen molar-refractivity contribution in [2.45, 2.75) is 123 Å². The molecule has 0 aromatic heterocycles. The van der Waals surface area contributed by atoms with Crippen LogP contribution in [0.4, 0.5) is 0 Å². The standard InChI is InChI=1S/C27H44O5/c1-3-4-5-6-7-11-18-26(32-23(2)28)20-14-19-25(17-12-13-21-27(29)30)31-22-24-15-9-8-10-16-24/h8-10,15-16,25-26H,3-7,11-14,17-22H2,1-2H3,(H,29,30). The summed E-state index contributed by atoms with van der Waals surface area (Å²) >= 11 is 0. The molecular formula is C27H44O5. The van der Waals surface area contributed by atoms with E-state index in [0.29, 0.717) is 13.0 Å². The van der Waals surface area contributed by atoms with Crippen LogP contribution in [0.5, 0.6) is 0 Å². The van der Waals surface area contributed by atoms with Gasteiger partial charge < -0.3 is 14.6 Å². The first-order chi connectivity index (χ1) is 15.5. The van der Waals surface area contributed by atoms with Crippen LogP contribution in [-0.4, -0.2) is 29.3 Å². The van der Waals surface area contributed by atoms with Gasteiger partial charge in [0.15, 0.2) is 0 Å². The summed E-state index contributed by atoms with van der Waals surface area (Å²) in [6.07, 6.45) is 13.7. The van der Waals surface area contributed by atoms with E-state index >= 15 is 0 Å². The van der Waals surface area contributed by atoms with Crippen LogP contribution in [0.2, 0.25) is 0 Å². The third-order valence-electron chi connectivity index (χ3n) is 5.76. The van der Waals surface area contributed by atoms with Crippen LogP contribution in [0.25, 0.3) is 0 Å². The first kappa shape index (κ1) is 28.2. The monoisotopic (exact) mass is 448 g/mol. The molecule has 0 aliphatic carbocycles. The third kappa shape index (κ3) is 15.9. The number of carbonyl (C=O) groups excluding carboxylic acids is 1. The fourth-order valence-electron chi connectivity index (χ4n) is 3.97. The molecule has 182 valence electrons. The van der Waals surface area contributed by atoms with Crippen molar-refractivity contribution in [3.8, 4) is 0 Å². The van der Waals surface area contributed by atoms with E-state index in [1.807, 2.05) is 18.2 Å². The molecule has 0 radical (unpaired) electrons. The van der Waals surface area contributed by atoms with Crippen molar-refractivity contribution >= 4 is 11.9 Å². The number of carboxylic acids is 1. The van der Waals surface area contributed by atoms with Gasteiger partial charge in [-0.3, -0.25) is 9.59 Å². The van der Waals surface area contributed by atoms with Gasteiger partial charge in [0.2, 0.25) is 0 Å². The van der Waals surface area contributed by atoms with Crippen molar-refractivity contribution in [3.05, 3.63) is 35.9 Å². The highest BCUT2D eigenvalue weighted by molar-refractivity contribution is 5.66. The number of hydrogen-bond acceptors (Lipinski definition) is 4. The highest BCUT2D eigenvalue weighted by Crippen LogP contribution is 2.20. The smallest absolute Gasteiger partial charge is 0.303 e. The molecule has 0 bridgehead atoms. The Kier molecular flexibility index (Phi) is 16.4. The summed E-state index contributed by atoms with van der Waals surface area (Å²) in [5.74, 6) is -0.947. The molecule has 0 saturated heterocycles. The van der Waals surface area contributed by atoms with Crippen LogP contribution < -0.4 is 0 Å². The van der Waals surface area contributed by atoms with Gasteiger partial charge >= 0.3 is 11.9 Å². The number of esters is 1. The quantitative estimate of drug-likeness (QED) is 0.171. The van der Waals surface area contributed by atoms with Crippen LogP contribution in [0.15, 0.2) is 30.3 Å². The predicted octanol–water partition coefficient (Wildman–Crippen LogP) is 7.07. The Morgan fingerprint density at radius 2 is 1.41 bits per heavy atom. The minimum atomic E-state index is -0.745. The zero-order valence-corrected chi connectivity index (χ0v) is 20.2. The number of ether oxygens (including phenoxy) is 2. The summed E-state index contributed by atoms with van der Waals surface area (Å²) in [4.78, 5) is 22.3. The molecular weight excluding hydrogens is 404 g/mol. The lowest BCUT2D eigenvalue weighted by atomic mass is 10.00. The zero-order valence-electron chi connectivity index (χ0n) is 20.2. The third-order valence-corrected chi connectivity index (χ3v) is 5.76. The van der Waals surface area contributed by atoms with Gasteiger partial charge in [0.1, 0.15) is 6.10 Å². The van der Waals surface area contributed by atoms with E-state index in [4.69, 9.17) is 14.6 Å². The van der Waals surface area contributed by atoms with Gasteiger partial charge in [0.05, 0.1) is 12.7 Å². The van der Waals surface area contributed by atoms with Gasteiger partial charge in [-0.05, 0) is 50.5 Å². The number of aliphatic carboxylic acids is 1. The lowest BCUT2D eigenvalue weighted by Gasteiger charge is -2.21. The fourth-order valence-corrected chi connectivity index (χ4v) is 3.97. The normalized spacial score (nSPS) is 12.9. The summed E-state index contributed by atoms with van der Waals surface area (Å²) in [7, 11) is 0. The molecule has 0 heterocycles. The molecule has 2 atom stereocenters. The highest BCUT2D eigenvalue weighted by Gasteiger charge is 2.15. The van der Waals surface area contributed by atoms with Crippen molar-refractivity contribution < 1.29 is 24.2 Å². The van der Waals surface area contributed by atoms with Crippen molar-refractivity contribution in [2.75, 3.05) is 0 Å². The molecule has 2 unspecified atom stereocenters.